The van der Waals surface area contributed by atoms with Crippen LogP contribution in [0.15, 0.2) is 83.4 Å². The number of rotatable bonds is 13. The molecule has 0 saturated carbocycles. The summed E-state index contributed by atoms with van der Waals surface area (Å²) < 4.78 is 5.51. The number of carbonyl (C=O) groups excluding carboxylic acids is 1. The summed E-state index contributed by atoms with van der Waals surface area (Å²) in [4.78, 5) is 15.0. The van der Waals surface area contributed by atoms with Crippen molar-refractivity contribution in [3.8, 4) is 0 Å². The van der Waals surface area contributed by atoms with Gasteiger partial charge in [0.15, 0.2) is 0 Å². The summed E-state index contributed by atoms with van der Waals surface area (Å²) in [5.74, 6) is 0.618. The first-order valence-corrected chi connectivity index (χ1v) is 13.6. The van der Waals surface area contributed by atoms with Crippen LogP contribution >= 0.6 is 0 Å². The maximum atomic E-state index is 13.0. The Morgan fingerprint density at radius 1 is 1.27 bits per heavy atom. The number of hydrazine groups is 1. The fraction of sp³-hybridized carbons (Fsp3) is 0.500. The number of likely N-dealkylation sites (tertiary alicyclic amines) is 1. The lowest BCUT2D eigenvalue weighted by Gasteiger charge is -2.36. The topological polar surface area (TPSA) is 69.2 Å². The van der Waals surface area contributed by atoms with Crippen molar-refractivity contribution in [2.45, 2.75) is 58.0 Å². The lowest BCUT2D eigenvalue weighted by Crippen LogP contribution is -2.45. The van der Waals surface area contributed by atoms with Gasteiger partial charge in [-0.1, -0.05) is 42.5 Å². The highest BCUT2D eigenvalue weighted by molar-refractivity contribution is 5.96. The summed E-state index contributed by atoms with van der Waals surface area (Å²) in [7, 11) is 0. The van der Waals surface area contributed by atoms with Gasteiger partial charge in [-0.15, -0.1) is 5.73 Å². The molecule has 0 spiro atoms. The Kier molecular flexibility index (Phi) is 12.8. The first kappa shape index (κ1) is 28.5. The smallest absolute Gasteiger partial charge is 0.253 e. The number of hydrazone groups is 1. The van der Waals surface area contributed by atoms with Crippen LogP contribution in [0, 0.1) is 5.92 Å². The zero-order chi connectivity index (χ0) is 26.1. The Balaban J connectivity index is 1.25. The Bertz CT molecular complexity index is 947. The van der Waals surface area contributed by atoms with E-state index in [1.807, 2.05) is 60.4 Å². The fourth-order valence-corrected chi connectivity index (χ4v) is 4.48. The van der Waals surface area contributed by atoms with Crippen LogP contribution in [-0.4, -0.2) is 66.9 Å². The molecule has 2 heterocycles. The van der Waals surface area contributed by atoms with Gasteiger partial charge in [-0.2, -0.15) is 5.10 Å². The van der Waals surface area contributed by atoms with Crippen molar-refractivity contribution in [3.63, 3.8) is 0 Å². The van der Waals surface area contributed by atoms with E-state index in [0.717, 1.165) is 63.9 Å². The number of nitrogens with zero attached hydrogens (tertiary/aromatic N) is 3. The van der Waals surface area contributed by atoms with E-state index in [2.05, 4.69) is 45.8 Å². The van der Waals surface area contributed by atoms with Gasteiger partial charge in [0, 0.05) is 31.2 Å². The van der Waals surface area contributed by atoms with Crippen LogP contribution in [0.3, 0.4) is 0 Å². The van der Waals surface area contributed by atoms with Gasteiger partial charge in [0.05, 0.1) is 31.7 Å². The number of piperidine rings is 1. The van der Waals surface area contributed by atoms with Crippen LogP contribution in [0.2, 0.25) is 0 Å². The van der Waals surface area contributed by atoms with E-state index in [9.17, 15) is 4.79 Å². The maximum absolute atomic E-state index is 13.0. The average molecular weight is 506 g/mol. The van der Waals surface area contributed by atoms with Crippen LogP contribution in [0.5, 0.6) is 0 Å². The molecule has 7 heteroatoms. The van der Waals surface area contributed by atoms with Crippen LogP contribution < -0.4 is 10.9 Å². The van der Waals surface area contributed by atoms with Crippen LogP contribution in [-0.2, 0) is 9.53 Å². The Morgan fingerprint density at radius 2 is 2.11 bits per heavy atom. The number of hydrogen-bond acceptors (Lipinski definition) is 6. The third kappa shape index (κ3) is 10.4. The van der Waals surface area contributed by atoms with Gasteiger partial charge in [-0.3, -0.25) is 20.7 Å². The number of allylic oxidation sites excluding steroid dienone is 7. The summed E-state index contributed by atoms with van der Waals surface area (Å²) in [6.45, 7) is 8.04. The van der Waals surface area contributed by atoms with Gasteiger partial charge in [0.25, 0.3) is 5.91 Å². The highest BCUT2D eigenvalue weighted by atomic mass is 16.5. The molecule has 1 amide bonds. The molecule has 2 N–H and O–H groups in total. The summed E-state index contributed by atoms with van der Waals surface area (Å²) in [6, 6.07) is 0.704. The van der Waals surface area contributed by atoms with E-state index in [4.69, 9.17) is 4.74 Å². The number of ether oxygens (including phenoxy) is 1. The highest BCUT2D eigenvalue weighted by Crippen LogP contribution is 2.23. The molecule has 0 aromatic rings. The molecule has 200 valence electrons. The lowest BCUT2D eigenvalue weighted by molar-refractivity contribution is -0.128. The maximum Gasteiger partial charge on any atom is 0.253 e. The second-order valence-corrected chi connectivity index (χ2v) is 9.62. The van der Waals surface area contributed by atoms with Crippen molar-refractivity contribution in [3.05, 3.63) is 78.3 Å². The van der Waals surface area contributed by atoms with E-state index in [-0.39, 0.29) is 5.91 Å². The van der Waals surface area contributed by atoms with E-state index in [1.165, 1.54) is 0 Å². The van der Waals surface area contributed by atoms with E-state index < -0.39 is 0 Å². The van der Waals surface area contributed by atoms with E-state index in [1.54, 1.807) is 12.5 Å². The van der Waals surface area contributed by atoms with Crippen LogP contribution in [0.1, 0.15) is 46.0 Å². The molecule has 2 unspecified atom stereocenters. The number of carbonyl (C=O) groups is 1. The lowest BCUT2D eigenvalue weighted by atomic mass is 9.93. The minimum absolute atomic E-state index is 0.161. The molecule has 2 aliphatic heterocycles. The van der Waals surface area contributed by atoms with Gasteiger partial charge in [0.2, 0.25) is 0 Å². The number of amides is 1. The highest BCUT2D eigenvalue weighted by Gasteiger charge is 2.27. The largest absolute Gasteiger partial charge is 0.501 e. The van der Waals surface area contributed by atoms with Crippen molar-refractivity contribution >= 4 is 12.1 Å². The Labute approximate surface area is 222 Å². The first-order chi connectivity index (χ1) is 18.2. The molecule has 3 rings (SSSR count). The monoisotopic (exact) mass is 505 g/mol. The third-order valence-electron chi connectivity index (χ3n) is 6.75. The first-order valence-electron chi connectivity index (χ1n) is 13.6. The second-order valence-electron chi connectivity index (χ2n) is 9.62. The molecular formula is C30H43N5O2. The second kappa shape index (κ2) is 16.6. The molecule has 3 aliphatic rings. The predicted molar refractivity (Wildman–Crippen MR) is 152 cm³/mol. The van der Waals surface area contributed by atoms with E-state index >= 15 is 0 Å². The van der Waals surface area contributed by atoms with Crippen molar-refractivity contribution in [1.29, 1.82) is 0 Å². The van der Waals surface area contributed by atoms with Gasteiger partial charge in [0.1, 0.15) is 0 Å². The average Bonchev–Trinajstić information content (AvgIpc) is 3.22. The molecule has 0 bridgehead atoms. The standard InChI is InChI=1S/C30H43N5O2/c1-3-4-5-6-10-24-37-25-18-26(2)33-31-20-15-27-11-13-28(14-12-27)30(36)34-22-16-29(17-23-34)35-21-9-7-8-19-32-35/h3-6,8-11,13-14,19,24,26-27,29,31,33H,12,15-18,20-23,25H2,1-2H3/b4-3-,6-5-,24-10+. The Hall–Kier alpha value is -3.12. The fourth-order valence-electron chi connectivity index (χ4n) is 4.48. The zero-order valence-corrected chi connectivity index (χ0v) is 22.4. The molecule has 1 fully saturated rings. The molecule has 7 nitrogen and oxygen atoms in total. The van der Waals surface area contributed by atoms with Crippen molar-refractivity contribution in [2.75, 3.05) is 32.8 Å². The van der Waals surface area contributed by atoms with Crippen LogP contribution in [0.25, 0.3) is 0 Å². The molecular weight excluding hydrogens is 462 g/mol. The molecule has 1 saturated heterocycles. The van der Waals surface area contributed by atoms with Gasteiger partial charge < -0.3 is 9.64 Å². The number of hydrogen-bond donors (Lipinski definition) is 2. The number of nitrogens with one attached hydrogen (secondary N) is 2. The predicted octanol–water partition coefficient (Wildman–Crippen LogP) is 4.42. The minimum atomic E-state index is 0.161. The van der Waals surface area contributed by atoms with Crippen molar-refractivity contribution in [2.24, 2.45) is 11.0 Å². The SMILES string of the molecule is C\C=C/C=C\C=C\OCCC(C)NNCCC1C=CC(C(=O)N2CCC(N3CC=C=CC=N3)CC2)=CC1. The van der Waals surface area contributed by atoms with Crippen molar-refractivity contribution in [1.82, 2.24) is 20.8 Å². The van der Waals surface area contributed by atoms with Crippen molar-refractivity contribution < 1.29 is 9.53 Å². The van der Waals surface area contributed by atoms with Gasteiger partial charge in [-0.05, 0) is 70.1 Å². The summed E-state index contributed by atoms with van der Waals surface area (Å²) in [6.07, 6.45) is 28.2. The Morgan fingerprint density at radius 3 is 2.89 bits per heavy atom. The zero-order valence-electron chi connectivity index (χ0n) is 22.4. The van der Waals surface area contributed by atoms with E-state index in [0.29, 0.717) is 24.6 Å². The van der Waals surface area contributed by atoms with Gasteiger partial charge in [-0.25, -0.2) is 0 Å². The normalized spacial score (nSPS) is 21.4. The molecule has 37 heavy (non-hydrogen) atoms. The molecule has 2 atom stereocenters. The third-order valence-corrected chi connectivity index (χ3v) is 6.75. The summed E-state index contributed by atoms with van der Waals surface area (Å²) in [5, 5.41) is 6.61. The van der Waals surface area contributed by atoms with Gasteiger partial charge >= 0.3 is 0 Å². The summed E-state index contributed by atoms with van der Waals surface area (Å²) >= 11 is 0. The quantitative estimate of drug-likeness (QED) is 0.128. The minimum Gasteiger partial charge on any atom is -0.501 e. The molecule has 0 aromatic carbocycles. The molecule has 0 radical (unpaired) electrons. The molecule has 1 aliphatic carbocycles. The summed E-state index contributed by atoms with van der Waals surface area (Å²) in [5.41, 5.74) is 10.6. The van der Waals surface area contributed by atoms with Crippen LogP contribution in [0.4, 0.5) is 0 Å². The molecule has 0 aromatic heterocycles.